The molecule has 0 fully saturated rings. The van der Waals surface area contributed by atoms with Crippen LogP contribution in [0.1, 0.15) is 28.4 Å². The van der Waals surface area contributed by atoms with E-state index in [-0.39, 0.29) is 18.3 Å². The zero-order valence-electron chi connectivity index (χ0n) is 17.0. The Balaban J connectivity index is 1.57. The Morgan fingerprint density at radius 1 is 1.03 bits per heavy atom. The summed E-state index contributed by atoms with van der Waals surface area (Å²) in [7, 11) is 0. The molecule has 3 aromatic rings. The van der Waals surface area contributed by atoms with Crippen molar-refractivity contribution in [2.24, 2.45) is 0 Å². The maximum Gasteiger partial charge on any atom is 0.247 e. The van der Waals surface area contributed by atoms with Gasteiger partial charge in [-0.05, 0) is 40.5 Å². The third kappa shape index (κ3) is 4.90. The van der Waals surface area contributed by atoms with Crippen molar-refractivity contribution < 1.29 is 19.0 Å². The Morgan fingerprint density at radius 2 is 1.74 bits per heavy atom. The maximum absolute atomic E-state index is 13.1. The van der Waals surface area contributed by atoms with Crippen LogP contribution in [0.15, 0.2) is 84.9 Å². The smallest absolute Gasteiger partial charge is 0.247 e. The summed E-state index contributed by atoms with van der Waals surface area (Å²) in [6, 6.07) is 23.1. The second-order valence-corrected chi connectivity index (χ2v) is 7.52. The Hall–Kier alpha value is -3.28. The summed E-state index contributed by atoms with van der Waals surface area (Å²) in [5.74, 6) is -0.555. The molecule has 2 atom stereocenters. The summed E-state index contributed by atoms with van der Waals surface area (Å²) >= 11 is 0. The average molecular weight is 417 g/mol. The lowest BCUT2D eigenvalue weighted by molar-refractivity contribution is -0.137. The standard InChI is InChI=1S/C26H24FNO3/c27-22-13-10-19(11-14-22)12-15-25(30)28-16-21-8-4-5-9-23(21)26(24(28)17-29)31-18-20-6-2-1-3-7-20/h1-15,24,26,29H,16-18H2/b15-12+/t24-,26+/m0/s1. The fourth-order valence-electron chi connectivity index (χ4n) is 3.86. The summed E-state index contributed by atoms with van der Waals surface area (Å²) in [6.07, 6.45) is 2.66. The lowest BCUT2D eigenvalue weighted by Crippen LogP contribution is -2.48. The fraction of sp³-hybridized carbons (Fsp3) is 0.192. The Labute approximate surface area is 181 Å². The monoisotopic (exact) mass is 417 g/mol. The van der Waals surface area contributed by atoms with Crippen LogP contribution in [0.4, 0.5) is 4.39 Å². The summed E-state index contributed by atoms with van der Waals surface area (Å²) < 4.78 is 19.3. The van der Waals surface area contributed by atoms with Gasteiger partial charge in [0.1, 0.15) is 11.9 Å². The number of hydrogen-bond donors (Lipinski definition) is 1. The second-order valence-electron chi connectivity index (χ2n) is 7.52. The number of carbonyl (C=O) groups excluding carboxylic acids is 1. The van der Waals surface area contributed by atoms with E-state index in [1.807, 2.05) is 54.6 Å². The first-order chi connectivity index (χ1) is 15.2. The van der Waals surface area contributed by atoms with Gasteiger partial charge in [0, 0.05) is 12.6 Å². The molecule has 1 amide bonds. The van der Waals surface area contributed by atoms with Crippen molar-refractivity contribution in [1.29, 1.82) is 0 Å². The van der Waals surface area contributed by atoms with Crippen LogP contribution in [-0.4, -0.2) is 28.6 Å². The van der Waals surface area contributed by atoms with E-state index in [9.17, 15) is 14.3 Å². The molecule has 0 aliphatic carbocycles. The Bertz CT molecular complexity index is 1050. The molecule has 0 aromatic heterocycles. The summed E-state index contributed by atoms with van der Waals surface area (Å²) in [4.78, 5) is 14.7. The van der Waals surface area contributed by atoms with E-state index in [1.54, 1.807) is 23.1 Å². The largest absolute Gasteiger partial charge is 0.394 e. The molecule has 0 radical (unpaired) electrons. The zero-order valence-corrected chi connectivity index (χ0v) is 17.0. The van der Waals surface area contributed by atoms with Crippen LogP contribution in [0, 0.1) is 5.82 Å². The van der Waals surface area contributed by atoms with Crippen molar-refractivity contribution in [3.63, 3.8) is 0 Å². The molecule has 5 heteroatoms. The van der Waals surface area contributed by atoms with Crippen LogP contribution in [0.5, 0.6) is 0 Å². The molecule has 0 unspecified atom stereocenters. The van der Waals surface area contributed by atoms with Gasteiger partial charge in [0.15, 0.2) is 0 Å². The van der Waals surface area contributed by atoms with Gasteiger partial charge < -0.3 is 14.7 Å². The van der Waals surface area contributed by atoms with E-state index in [0.29, 0.717) is 13.2 Å². The molecule has 1 heterocycles. The van der Waals surface area contributed by atoms with Gasteiger partial charge in [-0.2, -0.15) is 0 Å². The first-order valence-electron chi connectivity index (χ1n) is 10.2. The maximum atomic E-state index is 13.1. The quantitative estimate of drug-likeness (QED) is 0.601. The van der Waals surface area contributed by atoms with Crippen molar-refractivity contribution in [2.75, 3.05) is 6.61 Å². The van der Waals surface area contributed by atoms with Gasteiger partial charge in [0.05, 0.1) is 19.3 Å². The highest BCUT2D eigenvalue weighted by Gasteiger charge is 2.37. The van der Waals surface area contributed by atoms with Crippen molar-refractivity contribution >= 4 is 12.0 Å². The summed E-state index contributed by atoms with van der Waals surface area (Å²) in [6.45, 7) is 0.549. The first kappa shape index (κ1) is 21.0. The molecule has 4 rings (SSSR count). The third-order valence-corrected chi connectivity index (χ3v) is 5.48. The predicted octanol–water partition coefficient (Wildman–Crippen LogP) is 4.50. The highest BCUT2D eigenvalue weighted by molar-refractivity contribution is 5.92. The predicted molar refractivity (Wildman–Crippen MR) is 117 cm³/mol. The van der Waals surface area contributed by atoms with Crippen LogP contribution in [0.2, 0.25) is 0 Å². The van der Waals surface area contributed by atoms with Crippen molar-refractivity contribution in [2.45, 2.75) is 25.3 Å². The molecule has 0 saturated carbocycles. The van der Waals surface area contributed by atoms with Crippen LogP contribution in [0.3, 0.4) is 0 Å². The number of hydrogen-bond acceptors (Lipinski definition) is 3. The van der Waals surface area contributed by atoms with Crippen LogP contribution < -0.4 is 0 Å². The number of nitrogens with zero attached hydrogens (tertiary/aromatic N) is 1. The summed E-state index contributed by atoms with van der Waals surface area (Å²) in [5.41, 5.74) is 3.73. The number of aliphatic hydroxyl groups is 1. The van der Waals surface area contributed by atoms with E-state index in [2.05, 4.69) is 0 Å². The van der Waals surface area contributed by atoms with Gasteiger partial charge in [0.2, 0.25) is 5.91 Å². The number of benzene rings is 3. The number of fused-ring (bicyclic) bond motifs is 1. The molecule has 158 valence electrons. The Kier molecular flexibility index (Phi) is 6.55. The minimum atomic E-state index is -0.510. The van der Waals surface area contributed by atoms with Gasteiger partial charge in [-0.3, -0.25) is 4.79 Å². The summed E-state index contributed by atoms with van der Waals surface area (Å²) in [5, 5.41) is 10.2. The number of ether oxygens (including phenoxy) is 1. The second kappa shape index (κ2) is 9.69. The molecular formula is C26H24FNO3. The zero-order chi connectivity index (χ0) is 21.6. The highest BCUT2D eigenvalue weighted by Crippen LogP contribution is 2.35. The van der Waals surface area contributed by atoms with E-state index in [0.717, 1.165) is 22.3 Å². The molecule has 4 nitrogen and oxygen atoms in total. The van der Waals surface area contributed by atoms with E-state index >= 15 is 0 Å². The fourth-order valence-corrected chi connectivity index (χ4v) is 3.86. The lowest BCUT2D eigenvalue weighted by Gasteiger charge is -2.41. The molecule has 31 heavy (non-hydrogen) atoms. The average Bonchev–Trinajstić information content (AvgIpc) is 2.82. The van der Waals surface area contributed by atoms with E-state index in [4.69, 9.17) is 4.74 Å². The number of amides is 1. The van der Waals surface area contributed by atoms with Crippen molar-refractivity contribution in [3.05, 3.63) is 113 Å². The van der Waals surface area contributed by atoms with Gasteiger partial charge in [-0.15, -0.1) is 0 Å². The topological polar surface area (TPSA) is 49.8 Å². The van der Waals surface area contributed by atoms with Gasteiger partial charge in [-0.1, -0.05) is 66.7 Å². The first-order valence-corrected chi connectivity index (χ1v) is 10.2. The molecule has 3 aromatic carbocycles. The molecule has 1 aliphatic rings. The van der Waals surface area contributed by atoms with Crippen molar-refractivity contribution in [3.8, 4) is 0 Å². The number of carbonyl (C=O) groups is 1. The minimum Gasteiger partial charge on any atom is -0.394 e. The molecule has 1 N–H and O–H groups in total. The number of aliphatic hydroxyl groups excluding tert-OH is 1. The normalized spacial score (nSPS) is 18.2. The SMILES string of the molecule is O=C(/C=C/c1ccc(F)cc1)N1Cc2ccccc2[C@@H](OCc2ccccc2)[C@@H]1CO. The third-order valence-electron chi connectivity index (χ3n) is 5.48. The van der Waals surface area contributed by atoms with Crippen LogP contribution in [-0.2, 0) is 22.7 Å². The number of rotatable bonds is 6. The highest BCUT2D eigenvalue weighted by atomic mass is 19.1. The van der Waals surface area contributed by atoms with Crippen molar-refractivity contribution in [1.82, 2.24) is 4.90 Å². The van der Waals surface area contributed by atoms with Gasteiger partial charge in [-0.25, -0.2) is 4.39 Å². The molecule has 0 spiro atoms. The molecule has 0 saturated heterocycles. The molecular weight excluding hydrogens is 393 g/mol. The van der Waals surface area contributed by atoms with Crippen LogP contribution >= 0.6 is 0 Å². The van der Waals surface area contributed by atoms with Gasteiger partial charge >= 0.3 is 0 Å². The minimum absolute atomic E-state index is 0.218. The lowest BCUT2D eigenvalue weighted by atomic mass is 9.91. The molecule has 0 bridgehead atoms. The van der Waals surface area contributed by atoms with Gasteiger partial charge in [0.25, 0.3) is 0 Å². The molecule has 1 aliphatic heterocycles. The van der Waals surface area contributed by atoms with Crippen LogP contribution in [0.25, 0.3) is 6.08 Å². The number of halogens is 1. The Morgan fingerprint density at radius 3 is 2.48 bits per heavy atom. The van der Waals surface area contributed by atoms with E-state index in [1.165, 1.54) is 18.2 Å². The van der Waals surface area contributed by atoms with E-state index < -0.39 is 12.1 Å².